The van der Waals surface area contributed by atoms with Gasteiger partial charge in [-0.2, -0.15) is 4.98 Å². The number of likely N-dealkylation sites (N-methyl/N-ethyl adjacent to an activating group) is 1. The number of hydrogen-bond donors (Lipinski definition) is 4. The molecule has 0 spiro atoms. The Morgan fingerprint density at radius 2 is 1.89 bits per heavy atom. The number of imidazole rings is 1. The van der Waals surface area contributed by atoms with Crippen molar-refractivity contribution >= 4 is 46.2 Å². The third-order valence-electron chi connectivity index (χ3n) is 5.69. The second-order valence-electron chi connectivity index (χ2n) is 8.11. The number of pyridine rings is 1. The molecule has 4 N–H and O–H groups in total. The van der Waals surface area contributed by atoms with Gasteiger partial charge in [0.25, 0.3) is 0 Å². The molecule has 0 radical (unpaired) electrons. The summed E-state index contributed by atoms with van der Waals surface area (Å²) in [5.74, 6) is 3.55. The van der Waals surface area contributed by atoms with Crippen LogP contribution in [0.1, 0.15) is 5.56 Å². The first kappa shape index (κ1) is 22.1. The minimum absolute atomic E-state index is 0.260. The molecule has 3 aromatic heterocycles. The molecule has 2 amide bonds. The Labute approximate surface area is 202 Å². The molecule has 4 aromatic rings. The van der Waals surface area contributed by atoms with Crippen molar-refractivity contribution in [2.24, 2.45) is 0 Å². The van der Waals surface area contributed by atoms with E-state index in [1.54, 1.807) is 18.5 Å². The smallest absolute Gasteiger partial charge is 0.327 e. The lowest BCUT2D eigenvalue weighted by atomic mass is 10.2. The number of nitrogens with zero attached hydrogens (tertiary/aromatic N) is 6. The molecule has 5 rings (SSSR count). The van der Waals surface area contributed by atoms with Gasteiger partial charge in [0.15, 0.2) is 5.65 Å². The van der Waals surface area contributed by atoms with Crippen LogP contribution >= 0.6 is 0 Å². The summed E-state index contributed by atoms with van der Waals surface area (Å²) in [6.45, 7) is 4.13. The number of piperazine rings is 1. The lowest BCUT2D eigenvalue weighted by molar-refractivity contribution is 0.262. The number of amides is 2. The van der Waals surface area contributed by atoms with Gasteiger partial charge in [0, 0.05) is 61.7 Å². The van der Waals surface area contributed by atoms with Crippen LogP contribution in [0.5, 0.6) is 0 Å². The molecule has 176 valence electrons. The number of H-pyrrole nitrogens is 1. The molecule has 1 saturated heterocycles. The Bertz CT molecular complexity index is 1370. The van der Waals surface area contributed by atoms with Gasteiger partial charge in [-0.15, -0.1) is 6.42 Å². The van der Waals surface area contributed by atoms with Crippen molar-refractivity contribution < 1.29 is 4.79 Å². The molecule has 0 unspecified atom stereocenters. The molecular formula is C24H24N10O. The van der Waals surface area contributed by atoms with Gasteiger partial charge < -0.3 is 20.1 Å². The molecule has 0 atom stereocenters. The monoisotopic (exact) mass is 468 g/mol. The maximum atomic E-state index is 12.3. The van der Waals surface area contributed by atoms with E-state index in [9.17, 15) is 4.79 Å². The topological polar surface area (TPSA) is 127 Å². The molecule has 1 aromatic carbocycles. The number of carbonyl (C=O) groups is 1. The largest absolute Gasteiger partial charge is 0.369 e. The standard InChI is InChI=1S/C24H24N10O/c1-3-16-14-20(30-24(35)32-22-25-8-9-26-22)29-21-19(16)15-27-23(31-21)28-17-4-6-18(7-5-17)34-12-10-33(2)11-13-34/h1,4-9,14-15H,10-13H2,2H3,(H4,25,26,27,28,29,30,31,32,35). The zero-order chi connectivity index (χ0) is 24.2. The molecule has 11 nitrogen and oxygen atoms in total. The number of benzene rings is 1. The van der Waals surface area contributed by atoms with Gasteiger partial charge in [-0.05, 0) is 37.4 Å². The molecule has 1 fully saturated rings. The van der Waals surface area contributed by atoms with Gasteiger partial charge in [-0.1, -0.05) is 5.92 Å². The van der Waals surface area contributed by atoms with Gasteiger partial charge in [-0.25, -0.2) is 19.7 Å². The molecule has 11 heteroatoms. The normalized spacial score (nSPS) is 13.9. The minimum Gasteiger partial charge on any atom is -0.369 e. The highest BCUT2D eigenvalue weighted by Crippen LogP contribution is 2.23. The molecule has 35 heavy (non-hydrogen) atoms. The van der Waals surface area contributed by atoms with Crippen LogP contribution in [-0.2, 0) is 0 Å². The molecular weight excluding hydrogens is 444 g/mol. The summed E-state index contributed by atoms with van der Waals surface area (Å²) in [5, 5.41) is 9.04. The third-order valence-corrected chi connectivity index (χ3v) is 5.69. The second-order valence-corrected chi connectivity index (χ2v) is 8.11. The Morgan fingerprint density at radius 3 is 2.60 bits per heavy atom. The van der Waals surface area contributed by atoms with Crippen molar-refractivity contribution in [2.75, 3.05) is 54.1 Å². The van der Waals surface area contributed by atoms with Gasteiger partial charge in [0.1, 0.15) is 5.82 Å². The van der Waals surface area contributed by atoms with E-state index in [-0.39, 0.29) is 5.82 Å². The van der Waals surface area contributed by atoms with Crippen molar-refractivity contribution in [3.8, 4) is 12.3 Å². The number of anilines is 5. The van der Waals surface area contributed by atoms with Crippen LogP contribution in [0, 0.1) is 12.3 Å². The minimum atomic E-state index is -0.511. The van der Waals surface area contributed by atoms with Crippen molar-refractivity contribution in [3.63, 3.8) is 0 Å². The van der Waals surface area contributed by atoms with Crippen molar-refractivity contribution in [2.45, 2.75) is 0 Å². The highest BCUT2D eigenvalue weighted by atomic mass is 16.2. The lowest BCUT2D eigenvalue weighted by Crippen LogP contribution is -2.44. The van der Waals surface area contributed by atoms with Crippen LogP contribution in [0.15, 0.2) is 48.9 Å². The number of urea groups is 1. The van der Waals surface area contributed by atoms with E-state index in [2.05, 4.69) is 75.8 Å². The molecule has 0 aliphatic carbocycles. The number of carbonyl (C=O) groups excluding carboxylic acids is 1. The van der Waals surface area contributed by atoms with Gasteiger partial charge in [-0.3, -0.25) is 10.6 Å². The zero-order valence-electron chi connectivity index (χ0n) is 19.1. The predicted molar refractivity (Wildman–Crippen MR) is 136 cm³/mol. The summed E-state index contributed by atoms with van der Waals surface area (Å²) in [7, 11) is 2.14. The van der Waals surface area contributed by atoms with E-state index in [0.29, 0.717) is 28.5 Å². The highest BCUT2D eigenvalue weighted by Gasteiger charge is 2.14. The Morgan fingerprint density at radius 1 is 1.09 bits per heavy atom. The quantitative estimate of drug-likeness (QED) is 0.329. The van der Waals surface area contributed by atoms with Crippen molar-refractivity contribution in [1.82, 2.24) is 29.8 Å². The average molecular weight is 469 g/mol. The molecule has 4 heterocycles. The fourth-order valence-electron chi connectivity index (χ4n) is 3.79. The molecule has 0 saturated carbocycles. The summed E-state index contributed by atoms with van der Waals surface area (Å²) in [6, 6.07) is 9.25. The highest BCUT2D eigenvalue weighted by molar-refractivity contribution is 5.99. The number of terminal acetylenes is 1. The van der Waals surface area contributed by atoms with Crippen LogP contribution in [0.25, 0.3) is 11.0 Å². The van der Waals surface area contributed by atoms with E-state index >= 15 is 0 Å². The van der Waals surface area contributed by atoms with E-state index in [4.69, 9.17) is 6.42 Å². The third kappa shape index (κ3) is 5.13. The van der Waals surface area contributed by atoms with Crippen molar-refractivity contribution in [3.05, 3.63) is 54.5 Å². The second kappa shape index (κ2) is 9.66. The van der Waals surface area contributed by atoms with Gasteiger partial charge >= 0.3 is 6.03 Å². The fraction of sp³-hybridized carbons (Fsp3) is 0.208. The lowest BCUT2D eigenvalue weighted by Gasteiger charge is -2.34. The predicted octanol–water partition coefficient (Wildman–Crippen LogP) is 2.87. The number of rotatable bonds is 5. The Kier molecular flexibility index (Phi) is 6.11. The summed E-state index contributed by atoms with van der Waals surface area (Å²) in [6.07, 6.45) is 10.4. The van der Waals surface area contributed by atoms with E-state index in [1.807, 2.05) is 12.1 Å². The van der Waals surface area contributed by atoms with Gasteiger partial charge in [0.05, 0.1) is 5.39 Å². The Balaban J connectivity index is 1.32. The van der Waals surface area contributed by atoms with E-state index < -0.39 is 6.03 Å². The van der Waals surface area contributed by atoms with Crippen LogP contribution < -0.4 is 20.9 Å². The molecule has 0 bridgehead atoms. The summed E-state index contributed by atoms with van der Waals surface area (Å²) >= 11 is 0. The van der Waals surface area contributed by atoms with Crippen LogP contribution in [0.3, 0.4) is 0 Å². The molecule has 1 aliphatic rings. The number of nitrogens with one attached hydrogen (secondary N) is 4. The summed E-state index contributed by atoms with van der Waals surface area (Å²) in [4.78, 5) is 37.0. The fourth-order valence-corrected chi connectivity index (χ4v) is 3.79. The van der Waals surface area contributed by atoms with Crippen LogP contribution in [0.2, 0.25) is 0 Å². The average Bonchev–Trinajstić information content (AvgIpc) is 3.37. The van der Waals surface area contributed by atoms with E-state index in [0.717, 1.165) is 31.9 Å². The van der Waals surface area contributed by atoms with Crippen LogP contribution in [-0.4, -0.2) is 69.1 Å². The number of fused-ring (bicyclic) bond motifs is 1. The molecule has 1 aliphatic heterocycles. The SMILES string of the molecule is C#Cc1cc(NC(=O)Nc2ncc[nH]2)nc2nc(Nc3ccc(N4CCN(C)CC4)cc3)ncc12. The number of aromatic amines is 1. The number of aromatic nitrogens is 5. The maximum Gasteiger partial charge on any atom is 0.327 e. The first-order chi connectivity index (χ1) is 17.1. The zero-order valence-corrected chi connectivity index (χ0v) is 19.1. The first-order valence-electron chi connectivity index (χ1n) is 11.1. The number of hydrogen-bond acceptors (Lipinski definition) is 8. The van der Waals surface area contributed by atoms with E-state index in [1.165, 1.54) is 11.9 Å². The summed E-state index contributed by atoms with van der Waals surface area (Å²) < 4.78 is 0. The Hall–Kier alpha value is -4.69. The summed E-state index contributed by atoms with van der Waals surface area (Å²) in [5.41, 5.74) is 2.92. The van der Waals surface area contributed by atoms with Crippen molar-refractivity contribution in [1.29, 1.82) is 0 Å². The maximum absolute atomic E-state index is 12.3. The van der Waals surface area contributed by atoms with Gasteiger partial charge in [0.2, 0.25) is 11.9 Å². The van der Waals surface area contributed by atoms with Crippen LogP contribution in [0.4, 0.5) is 33.9 Å². The first-order valence-corrected chi connectivity index (χ1v) is 11.1.